The predicted octanol–water partition coefficient (Wildman–Crippen LogP) is 1.89. The van der Waals surface area contributed by atoms with Crippen molar-refractivity contribution >= 4 is 11.8 Å². The molecule has 1 saturated carbocycles. The average Bonchev–Trinajstić information content (AvgIpc) is 3.20. The molecule has 0 bridgehead atoms. The van der Waals surface area contributed by atoms with Crippen molar-refractivity contribution in [3.63, 3.8) is 0 Å². The van der Waals surface area contributed by atoms with Gasteiger partial charge in [0.15, 0.2) is 5.16 Å². The van der Waals surface area contributed by atoms with Gasteiger partial charge in [-0.25, -0.2) is 9.89 Å². The Labute approximate surface area is 129 Å². The maximum atomic E-state index is 11.4. The molecule has 116 valence electrons. The topological polar surface area (TPSA) is 86.5 Å². The van der Waals surface area contributed by atoms with E-state index in [4.69, 9.17) is 0 Å². The van der Waals surface area contributed by atoms with Gasteiger partial charge < -0.3 is 0 Å². The minimum Gasteiger partial charge on any atom is -0.297 e. The molecule has 0 aromatic carbocycles. The summed E-state index contributed by atoms with van der Waals surface area (Å²) >= 11 is 1.59. The number of unbranched alkanes of at least 4 members (excludes halogenated alkanes) is 1. The molecule has 0 saturated heterocycles. The van der Waals surface area contributed by atoms with Crippen molar-refractivity contribution in [3.8, 4) is 6.07 Å². The Morgan fingerprint density at radius 1 is 1.57 bits per heavy atom. The molecule has 1 heterocycles. The molecule has 1 atom stereocenters. The lowest BCUT2D eigenvalue weighted by atomic mass is 9.96. The van der Waals surface area contributed by atoms with E-state index in [-0.39, 0.29) is 5.69 Å². The molecule has 2 rings (SSSR count). The fourth-order valence-electron chi connectivity index (χ4n) is 2.27. The summed E-state index contributed by atoms with van der Waals surface area (Å²) in [5.74, 6) is 0.912. The predicted molar refractivity (Wildman–Crippen MR) is 83.3 cm³/mol. The fourth-order valence-corrected chi connectivity index (χ4v) is 3.28. The van der Waals surface area contributed by atoms with Crippen LogP contribution in [0.1, 0.15) is 46.0 Å². The molecular weight excluding hydrogens is 286 g/mol. The third-order valence-corrected chi connectivity index (χ3v) is 4.75. The number of nitrogens with zero attached hydrogens (tertiary/aromatic N) is 3. The highest BCUT2D eigenvalue weighted by Gasteiger charge is 2.31. The summed E-state index contributed by atoms with van der Waals surface area (Å²) in [5, 5.41) is 20.0. The largest absolute Gasteiger partial charge is 0.343 e. The number of nitrogens with one attached hydrogen (secondary N) is 2. The molecule has 1 aliphatic rings. The Bertz CT molecular complexity index is 556. The quantitative estimate of drug-likeness (QED) is 0.537. The van der Waals surface area contributed by atoms with E-state index in [9.17, 15) is 10.1 Å². The summed E-state index contributed by atoms with van der Waals surface area (Å²) in [6.45, 7) is 4.55. The first-order valence-electron chi connectivity index (χ1n) is 7.55. The van der Waals surface area contributed by atoms with Crippen LogP contribution >= 0.6 is 11.8 Å². The van der Waals surface area contributed by atoms with Crippen molar-refractivity contribution in [3.05, 3.63) is 10.5 Å². The van der Waals surface area contributed by atoms with E-state index in [1.54, 1.807) is 16.3 Å². The Kier molecular flexibility index (Phi) is 5.48. The third-order valence-electron chi connectivity index (χ3n) is 3.69. The number of rotatable bonds is 9. The molecule has 1 aromatic heterocycles. The molecule has 1 aromatic rings. The second-order valence-corrected chi connectivity index (χ2v) is 6.79. The van der Waals surface area contributed by atoms with Gasteiger partial charge in [0, 0.05) is 18.3 Å². The minimum atomic E-state index is -0.399. The third kappa shape index (κ3) is 4.61. The average molecular weight is 309 g/mol. The second kappa shape index (κ2) is 7.14. The van der Waals surface area contributed by atoms with E-state index in [1.165, 1.54) is 12.8 Å². The molecule has 0 amide bonds. The van der Waals surface area contributed by atoms with Gasteiger partial charge in [-0.05, 0) is 46.0 Å². The lowest BCUT2D eigenvalue weighted by Crippen LogP contribution is -2.42. The van der Waals surface area contributed by atoms with Crippen molar-refractivity contribution in [2.45, 2.75) is 69.2 Å². The van der Waals surface area contributed by atoms with Crippen molar-refractivity contribution in [2.75, 3.05) is 5.75 Å². The molecule has 1 aliphatic carbocycles. The maximum Gasteiger partial charge on any atom is 0.343 e. The van der Waals surface area contributed by atoms with E-state index in [0.717, 1.165) is 30.2 Å². The highest BCUT2D eigenvalue weighted by atomic mass is 32.2. The summed E-state index contributed by atoms with van der Waals surface area (Å²) in [5.41, 5.74) is -0.547. The van der Waals surface area contributed by atoms with Crippen molar-refractivity contribution < 1.29 is 0 Å². The molecule has 7 heteroatoms. The van der Waals surface area contributed by atoms with Crippen LogP contribution in [0.4, 0.5) is 0 Å². The molecule has 0 radical (unpaired) electrons. The van der Waals surface area contributed by atoms with E-state index < -0.39 is 5.54 Å². The van der Waals surface area contributed by atoms with Crippen molar-refractivity contribution in [2.24, 2.45) is 0 Å². The first kappa shape index (κ1) is 16.1. The Hall–Kier alpha value is -1.26. The zero-order valence-corrected chi connectivity index (χ0v) is 13.5. The van der Waals surface area contributed by atoms with Gasteiger partial charge in [-0.3, -0.25) is 9.88 Å². The molecule has 1 unspecified atom stereocenters. The van der Waals surface area contributed by atoms with Crippen LogP contribution in [-0.2, 0) is 6.54 Å². The van der Waals surface area contributed by atoms with Crippen molar-refractivity contribution in [1.29, 1.82) is 5.26 Å². The number of aromatic amines is 1. The van der Waals surface area contributed by atoms with Crippen LogP contribution < -0.4 is 11.0 Å². The zero-order valence-electron chi connectivity index (χ0n) is 12.7. The van der Waals surface area contributed by atoms with E-state index in [2.05, 4.69) is 21.6 Å². The summed E-state index contributed by atoms with van der Waals surface area (Å²) in [4.78, 5) is 11.4. The number of thioether (sulfide) groups is 1. The van der Waals surface area contributed by atoms with Gasteiger partial charge in [0.05, 0.1) is 6.07 Å². The van der Waals surface area contributed by atoms with Crippen LogP contribution in [0.3, 0.4) is 0 Å². The smallest absolute Gasteiger partial charge is 0.297 e. The van der Waals surface area contributed by atoms with Gasteiger partial charge in [0.1, 0.15) is 5.54 Å². The van der Waals surface area contributed by atoms with E-state index in [1.807, 2.05) is 13.8 Å². The van der Waals surface area contributed by atoms with Crippen LogP contribution in [0.5, 0.6) is 0 Å². The number of hydrogen-bond acceptors (Lipinski definition) is 5. The molecule has 6 nitrogen and oxygen atoms in total. The number of aromatic nitrogens is 3. The fraction of sp³-hybridized carbons (Fsp3) is 0.786. The van der Waals surface area contributed by atoms with Gasteiger partial charge in [-0.15, -0.1) is 5.10 Å². The van der Waals surface area contributed by atoms with Crippen molar-refractivity contribution in [1.82, 2.24) is 20.1 Å². The van der Waals surface area contributed by atoms with Gasteiger partial charge in [-0.2, -0.15) is 5.26 Å². The Balaban J connectivity index is 1.69. The number of H-pyrrole nitrogens is 1. The molecule has 1 fully saturated rings. The Morgan fingerprint density at radius 3 is 2.95 bits per heavy atom. The van der Waals surface area contributed by atoms with Crippen LogP contribution in [0, 0.1) is 11.3 Å². The van der Waals surface area contributed by atoms with Crippen LogP contribution in [-0.4, -0.2) is 32.1 Å². The normalized spacial score (nSPS) is 17.4. The van der Waals surface area contributed by atoms with E-state index >= 15 is 0 Å². The Morgan fingerprint density at radius 2 is 2.33 bits per heavy atom. The highest BCUT2D eigenvalue weighted by Crippen LogP contribution is 2.25. The van der Waals surface area contributed by atoms with Crippen LogP contribution in [0.25, 0.3) is 0 Å². The monoisotopic (exact) mass is 309 g/mol. The highest BCUT2D eigenvalue weighted by molar-refractivity contribution is 7.99. The lowest BCUT2D eigenvalue weighted by molar-refractivity contribution is 0.402. The van der Waals surface area contributed by atoms with Gasteiger partial charge in [-0.1, -0.05) is 11.8 Å². The number of nitriles is 1. The lowest BCUT2D eigenvalue weighted by Gasteiger charge is -2.23. The standard InChI is InChI=1S/C14H23N5OS/c1-3-19-12(20)17-18-13(19)21-9-5-4-8-14(2,10-15)16-11-6-7-11/h11,16H,3-9H2,1-2H3,(H,17,20). The molecule has 0 spiro atoms. The number of hydrogen-bond donors (Lipinski definition) is 2. The molecule has 21 heavy (non-hydrogen) atoms. The first-order chi connectivity index (χ1) is 10.1. The summed E-state index contributed by atoms with van der Waals surface area (Å²) in [7, 11) is 0. The summed E-state index contributed by atoms with van der Waals surface area (Å²) in [6, 6.07) is 2.95. The molecule has 2 N–H and O–H groups in total. The molecule has 0 aliphatic heterocycles. The summed E-state index contributed by atoms with van der Waals surface area (Å²) in [6.07, 6.45) is 5.26. The second-order valence-electron chi connectivity index (χ2n) is 5.72. The van der Waals surface area contributed by atoms with Gasteiger partial charge in [0.2, 0.25) is 0 Å². The summed E-state index contributed by atoms with van der Waals surface area (Å²) < 4.78 is 1.64. The molecular formula is C14H23N5OS. The first-order valence-corrected chi connectivity index (χ1v) is 8.53. The van der Waals surface area contributed by atoms with E-state index in [0.29, 0.717) is 12.6 Å². The van der Waals surface area contributed by atoms with Gasteiger partial charge in [0.25, 0.3) is 0 Å². The van der Waals surface area contributed by atoms with Crippen LogP contribution in [0.15, 0.2) is 9.95 Å². The maximum absolute atomic E-state index is 11.4. The van der Waals surface area contributed by atoms with Crippen LogP contribution in [0.2, 0.25) is 0 Å². The SMILES string of the molecule is CCn1c(SCCCCC(C)(C#N)NC2CC2)n[nH]c1=O. The minimum absolute atomic E-state index is 0.148. The zero-order chi connectivity index (χ0) is 15.3. The van der Waals surface area contributed by atoms with Gasteiger partial charge >= 0.3 is 5.69 Å².